The number of rotatable bonds is 5. The van der Waals surface area contributed by atoms with Crippen molar-refractivity contribution in [3.63, 3.8) is 0 Å². The van der Waals surface area contributed by atoms with Crippen LogP contribution in [0.3, 0.4) is 0 Å². The van der Waals surface area contributed by atoms with E-state index in [1.54, 1.807) is 0 Å². The van der Waals surface area contributed by atoms with Gasteiger partial charge in [-0.15, -0.1) is 0 Å². The van der Waals surface area contributed by atoms with Crippen molar-refractivity contribution in [1.29, 1.82) is 0 Å². The predicted molar refractivity (Wildman–Crippen MR) is 82.7 cm³/mol. The average Bonchev–Trinajstić information content (AvgIpc) is 2.39. The highest BCUT2D eigenvalue weighted by atomic mass is 35.5. The minimum Gasteiger partial charge on any atom is -0.371 e. The topological polar surface area (TPSA) is 24.8 Å². The number of morpholine rings is 1. The van der Waals surface area contributed by atoms with E-state index in [0.29, 0.717) is 6.04 Å². The molecule has 0 saturated carbocycles. The summed E-state index contributed by atoms with van der Waals surface area (Å²) < 4.78 is 6.00. The fourth-order valence-electron chi connectivity index (χ4n) is 2.65. The molecule has 2 atom stereocenters. The Morgan fingerprint density at radius 1 is 1.53 bits per heavy atom. The van der Waals surface area contributed by atoms with Crippen molar-refractivity contribution in [2.45, 2.75) is 52.2 Å². The zero-order valence-corrected chi connectivity index (χ0v) is 13.2. The summed E-state index contributed by atoms with van der Waals surface area (Å²) in [6, 6.07) is 0.312. The quantitative estimate of drug-likeness (QED) is 0.564. The summed E-state index contributed by atoms with van der Waals surface area (Å²) in [6.45, 7) is 13.6. The van der Waals surface area contributed by atoms with Crippen LogP contribution in [0.1, 0.15) is 40.5 Å². The van der Waals surface area contributed by atoms with Crippen LogP contribution >= 0.6 is 11.6 Å². The highest BCUT2D eigenvalue weighted by Crippen LogP contribution is 2.32. The molecule has 0 radical (unpaired) electrons. The first-order valence-electron chi connectivity index (χ1n) is 6.90. The molecule has 1 rings (SSSR count). The molecule has 3 nitrogen and oxygen atoms in total. The van der Waals surface area contributed by atoms with Gasteiger partial charge in [0.15, 0.2) is 0 Å². The second kappa shape index (κ2) is 7.11. The highest BCUT2D eigenvalue weighted by molar-refractivity contribution is 6.29. The van der Waals surface area contributed by atoms with Crippen molar-refractivity contribution < 1.29 is 4.74 Å². The Kier molecular flexibility index (Phi) is 6.08. The zero-order valence-electron chi connectivity index (χ0n) is 12.4. The number of nitrogens with zero attached hydrogens (tertiary/aromatic N) is 2. The molecule has 108 valence electrons. The molecule has 1 aliphatic heterocycles. The SMILES string of the molecule is C=N/C(=C\C=C(/C)Cl)N1CCOC(C)(CC)C1CC. The van der Waals surface area contributed by atoms with E-state index in [0.717, 1.165) is 36.8 Å². The smallest absolute Gasteiger partial charge is 0.128 e. The van der Waals surface area contributed by atoms with Crippen molar-refractivity contribution in [3.05, 3.63) is 23.0 Å². The summed E-state index contributed by atoms with van der Waals surface area (Å²) >= 11 is 5.88. The van der Waals surface area contributed by atoms with Crippen LogP contribution in [0.5, 0.6) is 0 Å². The number of hydrogen-bond acceptors (Lipinski definition) is 3. The van der Waals surface area contributed by atoms with Crippen LogP contribution in [0.2, 0.25) is 0 Å². The van der Waals surface area contributed by atoms with Crippen molar-refractivity contribution in [2.24, 2.45) is 4.99 Å². The van der Waals surface area contributed by atoms with Gasteiger partial charge in [0.2, 0.25) is 0 Å². The second-order valence-electron chi connectivity index (χ2n) is 5.07. The van der Waals surface area contributed by atoms with Gasteiger partial charge < -0.3 is 9.64 Å². The Labute approximate surface area is 122 Å². The van der Waals surface area contributed by atoms with Crippen molar-refractivity contribution in [1.82, 2.24) is 4.90 Å². The molecule has 19 heavy (non-hydrogen) atoms. The summed E-state index contributed by atoms with van der Waals surface area (Å²) in [4.78, 5) is 6.45. The molecule has 0 amide bonds. The van der Waals surface area contributed by atoms with Crippen molar-refractivity contribution >= 4 is 18.3 Å². The van der Waals surface area contributed by atoms with Crippen molar-refractivity contribution in [2.75, 3.05) is 13.2 Å². The van der Waals surface area contributed by atoms with Gasteiger partial charge in [-0.2, -0.15) is 0 Å². The minimum atomic E-state index is -0.128. The Morgan fingerprint density at radius 3 is 2.68 bits per heavy atom. The first-order valence-corrected chi connectivity index (χ1v) is 7.27. The van der Waals surface area contributed by atoms with E-state index < -0.39 is 0 Å². The lowest BCUT2D eigenvalue weighted by Gasteiger charge is -2.48. The summed E-state index contributed by atoms with van der Waals surface area (Å²) in [6.07, 6.45) is 5.79. The molecule has 4 heteroatoms. The number of allylic oxidation sites excluding steroid dienone is 3. The van der Waals surface area contributed by atoms with Crippen LogP contribution in [-0.4, -0.2) is 36.4 Å². The molecule has 0 aromatic heterocycles. The van der Waals surface area contributed by atoms with E-state index in [2.05, 4.69) is 37.4 Å². The van der Waals surface area contributed by atoms with E-state index >= 15 is 0 Å². The Hall–Kier alpha value is -0.800. The third-order valence-corrected chi connectivity index (χ3v) is 3.98. The highest BCUT2D eigenvalue weighted by Gasteiger charge is 2.40. The first kappa shape index (κ1) is 16.3. The fourth-order valence-corrected chi connectivity index (χ4v) is 2.71. The van der Waals surface area contributed by atoms with Gasteiger partial charge in [0.25, 0.3) is 0 Å². The third kappa shape index (κ3) is 3.83. The lowest BCUT2D eigenvalue weighted by Crippen LogP contribution is -2.57. The molecule has 1 heterocycles. The molecular weight excluding hydrogens is 260 g/mol. The largest absolute Gasteiger partial charge is 0.371 e. The molecule has 0 spiro atoms. The van der Waals surface area contributed by atoms with Gasteiger partial charge in [0, 0.05) is 11.6 Å². The molecule has 1 fully saturated rings. The predicted octanol–water partition coefficient (Wildman–Crippen LogP) is 3.95. The van der Waals surface area contributed by atoms with Gasteiger partial charge >= 0.3 is 0 Å². The fraction of sp³-hybridized carbons (Fsp3) is 0.667. The lowest BCUT2D eigenvalue weighted by molar-refractivity contribution is -0.130. The molecule has 0 aliphatic carbocycles. The standard InChI is InChI=1S/C15H25ClN2O/c1-6-13-15(4,7-2)19-11-10-18(13)14(17-5)9-8-12(3)16/h8-9,13H,5-7,10-11H2,1-4H3/b12-8+,14-9+. The number of halogens is 1. The molecule has 1 aliphatic rings. The van der Waals surface area contributed by atoms with Gasteiger partial charge in [0.1, 0.15) is 5.82 Å². The summed E-state index contributed by atoms with van der Waals surface area (Å²) in [5, 5.41) is 0.737. The first-order chi connectivity index (χ1) is 8.98. The molecule has 2 unspecified atom stereocenters. The molecule has 0 aromatic rings. The summed E-state index contributed by atoms with van der Waals surface area (Å²) in [5.74, 6) is 0.870. The van der Waals surface area contributed by atoms with Gasteiger partial charge in [-0.25, -0.2) is 4.99 Å². The zero-order chi connectivity index (χ0) is 14.5. The Morgan fingerprint density at radius 2 is 2.21 bits per heavy atom. The maximum absolute atomic E-state index is 6.00. The maximum atomic E-state index is 6.00. The number of ether oxygens (including phenoxy) is 1. The molecule has 0 bridgehead atoms. The molecule has 1 saturated heterocycles. The Bertz CT molecular complexity index is 374. The van der Waals surface area contributed by atoms with Crippen molar-refractivity contribution in [3.8, 4) is 0 Å². The average molecular weight is 285 g/mol. The summed E-state index contributed by atoms with van der Waals surface area (Å²) in [5.41, 5.74) is -0.128. The van der Waals surface area contributed by atoms with E-state index in [1.807, 2.05) is 19.1 Å². The van der Waals surface area contributed by atoms with Gasteiger partial charge in [-0.1, -0.05) is 25.4 Å². The third-order valence-electron chi connectivity index (χ3n) is 3.85. The Balaban J connectivity index is 3.05. The van der Waals surface area contributed by atoms with Gasteiger partial charge in [-0.3, -0.25) is 0 Å². The number of hydrogen-bond donors (Lipinski definition) is 0. The van der Waals surface area contributed by atoms with Gasteiger partial charge in [0.05, 0.1) is 18.2 Å². The lowest BCUT2D eigenvalue weighted by atomic mass is 9.88. The van der Waals surface area contributed by atoms with E-state index in [-0.39, 0.29) is 5.60 Å². The van der Waals surface area contributed by atoms with Crippen LogP contribution in [0.15, 0.2) is 28.0 Å². The molecule has 0 aromatic carbocycles. The molecular formula is C15H25ClN2O. The van der Waals surface area contributed by atoms with Crippen LogP contribution in [0.4, 0.5) is 0 Å². The van der Waals surface area contributed by atoms with E-state index in [1.165, 1.54) is 0 Å². The van der Waals surface area contributed by atoms with E-state index in [4.69, 9.17) is 16.3 Å². The second-order valence-corrected chi connectivity index (χ2v) is 5.66. The normalized spacial score (nSPS) is 29.5. The van der Waals surface area contributed by atoms with Crippen LogP contribution in [0, 0.1) is 0 Å². The number of aliphatic imine (C=N–C) groups is 1. The minimum absolute atomic E-state index is 0.128. The monoisotopic (exact) mass is 284 g/mol. The van der Waals surface area contributed by atoms with Gasteiger partial charge in [-0.05, 0) is 45.6 Å². The van der Waals surface area contributed by atoms with Crippen LogP contribution in [-0.2, 0) is 4.74 Å². The van der Waals surface area contributed by atoms with E-state index in [9.17, 15) is 0 Å². The summed E-state index contributed by atoms with van der Waals surface area (Å²) in [7, 11) is 0. The van der Waals surface area contributed by atoms with Crippen LogP contribution < -0.4 is 0 Å². The van der Waals surface area contributed by atoms with Crippen LogP contribution in [0.25, 0.3) is 0 Å². The molecule has 0 N–H and O–H groups in total. The maximum Gasteiger partial charge on any atom is 0.128 e.